The minimum atomic E-state index is -0.681. The molecule has 29 heavy (non-hydrogen) atoms. The number of nitrogens with zero attached hydrogens (tertiary/aromatic N) is 2. The van der Waals surface area contributed by atoms with E-state index in [9.17, 15) is 14.4 Å². The van der Waals surface area contributed by atoms with Crippen LogP contribution < -0.4 is 4.90 Å². The summed E-state index contributed by atoms with van der Waals surface area (Å²) in [5.41, 5.74) is 4.61. The zero-order chi connectivity index (χ0) is 20.7. The molecule has 2 aliphatic heterocycles. The van der Waals surface area contributed by atoms with E-state index in [2.05, 4.69) is 0 Å². The van der Waals surface area contributed by atoms with Crippen molar-refractivity contribution in [3.8, 4) is 0 Å². The fourth-order valence-electron chi connectivity index (χ4n) is 4.31. The van der Waals surface area contributed by atoms with Gasteiger partial charge in [-0.3, -0.25) is 19.3 Å². The van der Waals surface area contributed by atoms with Crippen molar-refractivity contribution in [2.45, 2.75) is 45.3 Å². The second kappa shape index (κ2) is 7.44. The number of benzene rings is 2. The highest BCUT2D eigenvalue weighted by Gasteiger charge is 2.47. The highest BCUT2D eigenvalue weighted by atomic mass is 16.5. The molecule has 2 atom stereocenters. The average Bonchev–Trinajstić information content (AvgIpc) is 3.02. The van der Waals surface area contributed by atoms with Gasteiger partial charge >= 0.3 is 5.97 Å². The molecular formula is C23H24N2O4. The van der Waals surface area contributed by atoms with Crippen LogP contribution in [-0.4, -0.2) is 41.9 Å². The Labute approximate surface area is 170 Å². The number of imide groups is 1. The van der Waals surface area contributed by atoms with Gasteiger partial charge in [0, 0.05) is 6.54 Å². The molecule has 1 fully saturated rings. The van der Waals surface area contributed by atoms with Gasteiger partial charge in [0.05, 0.1) is 19.2 Å². The Morgan fingerprint density at radius 3 is 2.48 bits per heavy atom. The number of hydrogen-bond acceptors (Lipinski definition) is 5. The molecule has 2 aromatic carbocycles. The van der Waals surface area contributed by atoms with Crippen molar-refractivity contribution in [2.24, 2.45) is 0 Å². The van der Waals surface area contributed by atoms with E-state index in [1.54, 1.807) is 0 Å². The molecule has 6 heteroatoms. The minimum Gasteiger partial charge on any atom is -0.468 e. The van der Waals surface area contributed by atoms with Crippen molar-refractivity contribution < 1.29 is 19.1 Å². The Bertz CT molecular complexity index is 1000. The molecule has 0 spiro atoms. The van der Waals surface area contributed by atoms with Crippen LogP contribution in [0.1, 0.15) is 28.7 Å². The van der Waals surface area contributed by atoms with Gasteiger partial charge in [0.15, 0.2) is 0 Å². The molecule has 4 rings (SSSR count). The lowest BCUT2D eigenvalue weighted by Crippen LogP contribution is -2.53. The van der Waals surface area contributed by atoms with Crippen molar-refractivity contribution >= 4 is 23.5 Å². The van der Waals surface area contributed by atoms with Crippen molar-refractivity contribution in [3.63, 3.8) is 0 Å². The van der Waals surface area contributed by atoms with E-state index in [1.807, 2.05) is 61.2 Å². The zero-order valence-corrected chi connectivity index (χ0v) is 16.8. The summed E-state index contributed by atoms with van der Waals surface area (Å²) < 4.78 is 5.01. The second-order valence-electron chi connectivity index (χ2n) is 7.76. The summed E-state index contributed by atoms with van der Waals surface area (Å²) in [6.45, 7) is 4.25. The monoisotopic (exact) mass is 392 g/mol. The quantitative estimate of drug-likeness (QED) is 0.593. The van der Waals surface area contributed by atoms with Crippen LogP contribution in [0.25, 0.3) is 0 Å². The van der Waals surface area contributed by atoms with Gasteiger partial charge in [-0.1, -0.05) is 36.4 Å². The van der Waals surface area contributed by atoms with Crippen LogP contribution >= 0.6 is 0 Å². The summed E-state index contributed by atoms with van der Waals surface area (Å²) in [5.74, 6) is -0.905. The number of amides is 2. The Balaban J connectivity index is 1.70. The maximum Gasteiger partial charge on any atom is 0.323 e. The normalized spacial score (nSPS) is 22.0. The van der Waals surface area contributed by atoms with E-state index in [-0.39, 0.29) is 24.2 Å². The summed E-state index contributed by atoms with van der Waals surface area (Å²) >= 11 is 0. The lowest BCUT2D eigenvalue weighted by atomic mass is 9.92. The molecule has 6 nitrogen and oxygen atoms in total. The largest absolute Gasteiger partial charge is 0.468 e. The van der Waals surface area contributed by atoms with Crippen LogP contribution in [0.4, 0.5) is 5.69 Å². The molecule has 1 saturated heterocycles. The number of carbonyl (C=O) groups excluding carboxylic acids is 3. The first-order valence-corrected chi connectivity index (χ1v) is 9.75. The third kappa shape index (κ3) is 3.34. The van der Waals surface area contributed by atoms with Gasteiger partial charge in [0.25, 0.3) is 5.91 Å². The maximum atomic E-state index is 13.4. The Hall–Kier alpha value is -2.99. The van der Waals surface area contributed by atoms with Gasteiger partial charge in [-0.05, 0) is 48.6 Å². The van der Waals surface area contributed by atoms with Gasteiger partial charge < -0.3 is 4.74 Å². The summed E-state index contributed by atoms with van der Waals surface area (Å²) in [7, 11) is 1.35. The Kier molecular flexibility index (Phi) is 4.96. The third-order valence-electron chi connectivity index (χ3n) is 5.89. The molecule has 0 radical (unpaired) electrons. The smallest absolute Gasteiger partial charge is 0.323 e. The minimum absolute atomic E-state index is 0.0574. The van der Waals surface area contributed by atoms with Crippen LogP contribution in [0, 0.1) is 13.8 Å². The summed E-state index contributed by atoms with van der Waals surface area (Å²) in [5, 5.41) is 0. The van der Waals surface area contributed by atoms with Crippen LogP contribution in [-0.2, 0) is 32.1 Å². The predicted molar refractivity (Wildman–Crippen MR) is 108 cm³/mol. The molecule has 2 aliphatic rings. The number of ether oxygens (including phenoxy) is 1. The van der Waals surface area contributed by atoms with Crippen LogP contribution in [0.3, 0.4) is 0 Å². The van der Waals surface area contributed by atoms with Gasteiger partial charge in [-0.15, -0.1) is 0 Å². The SMILES string of the molecule is COC(=O)[C@H]1Cc2ccccc2CN1[C@H]1CC(=O)N(c2cc(C)ccc2C)C1=O. The highest BCUT2D eigenvalue weighted by Crippen LogP contribution is 2.33. The lowest BCUT2D eigenvalue weighted by molar-refractivity contribution is -0.149. The first-order valence-electron chi connectivity index (χ1n) is 9.75. The van der Waals surface area contributed by atoms with Gasteiger partial charge in [0.1, 0.15) is 12.1 Å². The van der Waals surface area contributed by atoms with Crippen molar-refractivity contribution in [3.05, 3.63) is 64.7 Å². The van der Waals surface area contributed by atoms with E-state index in [1.165, 1.54) is 12.0 Å². The second-order valence-corrected chi connectivity index (χ2v) is 7.76. The van der Waals surface area contributed by atoms with Crippen molar-refractivity contribution in [2.75, 3.05) is 12.0 Å². The summed E-state index contributed by atoms with van der Waals surface area (Å²) in [6, 6.07) is 12.3. The van der Waals surface area contributed by atoms with Crippen LogP contribution in [0.2, 0.25) is 0 Å². The van der Waals surface area contributed by atoms with E-state index in [4.69, 9.17) is 4.74 Å². The summed E-state index contributed by atoms with van der Waals surface area (Å²) in [4.78, 5) is 41.8. The van der Waals surface area contributed by atoms with Crippen molar-refractivity contribution in [1.82, 2.24) is 4.90 Å². The Morgan fingerprint density at radius 1 is 1.03 bits per heavy atom. The highest BCUT2D eigenvalue weighted by molar-refractivity contribution is 6.22. The molecule has 0 saturated carbocycles. The van der Waals surface area contributed by atoms with E-state index in [0.717, 1.165) is 22.3 Å². The molecule has 2 heterocycles. The molecule has 150 valence electrons. The number of anilines is 1. The fraction of sp³-hybridized carbons (Fsp3) is 0.348. The zero-order valence-electron chi connectivity index (χ0n) is 16.8. The molecular weight excluding hydrogens is 368 g/mol. The van der Waals surface area contributed by atoms with Crippen molar-refractivity contribution in [1.29, 1.82) is 0 Å². The summed E-state index contributed by atoms with van der Waals surface area (Å²) in [6.07, 6.45) is 0.520. The molecule has 0 aromatic heterocycles. The number of methoxy groups -OCH3 is 1. The predicted octanol–water partition coefficient (Wildman–Crippen LogP) is 2.54. The average molecular weight is 392 g/mol. The number of hydrogen-bond donors (Lipinski definition) is 0. The Morgan fingerprint density at radius 2 is 1.76 bits per heavy atom. The molecule has 2 aromatic rings. The number of rotatable bonds is 3. The maximum absolute atomic E-state index is 13.4. The van der Waals surface area contributed by atoms with E-state index >= 15 is 0 Å². The topological polar surface area (TPSA) is 66.9 Å². The fourth-order valence-corrected chi connectivity index (χ4v) is 4.31. The first-order chi connectivity index (χ1) is 13.9. The number of carbonyl (C=O) groups is 3. The number of aryl methyl sites for hydroxylation is 2. The third-order valence-corrected chi connectivity index (χ3v) is 5.89. The molecule has 0 unspecified atom stereocenters. The number of esters is 1. The number of fused-ring (bicyclic) bond motifs is 1. The molecule has 0 bridgehead atoms. The van der Waals surface area contributed by atoms with E-state index in [0.29, 0.717) is 18.7 Å². The van der Waals surface area contributed by atoms with Gasteiger partial charge in [-0.25, -0.2) is 4.90 Å². The standard InChI is InChI=1S/C23H24N2O4/c1-14-8-9-15(2)18(10-14)25-21(26)12-19(22(25)27)24-13-17-7-5-4-6-16(17)11-20(24)23(28)29-3/h4-10,19-20H,11-13H2,1-3H3/t19-,20+/m0/s1. The first kappa shape index (κ1) is 19.3. The van der Waals surface area contributed by atoms with Crippen LogP contribution in [0.15, 0.2) is 42.5 Å². The van der Waals surface area contributed by atoms with Gasteiger partial charge in [-0.2, -0.15) is 0 Å². The molecule has 0 aliphatic carbocycles. The molecule has 0 N–H and O–H groups in total. The van der Waals surface area contributed by atoms with Crippen LogP contribution in [0.5, 0.6) is 0 Å². The van der Waals surface area contributed by atoms with Gasteiger partial charge in [0.2, 0.25) is 5.91 Å². The lowest BCUT2D eigenvalue weighted by Gasteiger charge is -2.37. The van der Waals surface area contributed by atoms with E-state index < -0.39 is 12.1 Å². The molecule has 2 amide bonds.